The van der Waals surface area contributed by atoms with Crippen LogP contribution in [0.3, 0.4) is 0 Å². The van der Waals surface area contributed by atoms with Crippen LogP contribution in [-0.4, -0.2) is 4.98 Å². The van der Waals surface area contributed by atoms with E-state index in [2.05, 4.69) is 4.98 Å². The van der Waals surface area contributed by atoms with Gasteiger partial charge in [-0.25, -0.2) is 0 Å². The van der Waals surface area contributed by atoms with Crippen LogP contribution in [0.25, 0.3) is 16.5 Å². The number of H-pyrrole nitrogens is 1. The number of nitrogens with one attached hydrogen (secondary N) is 1. The standard InChI is InChI=1S/C18H16N2O/c19-12-15-11-18(21)16-10-14(8-9-17(16)20-15)13-6-4-2-1-3-5-7-13/h1-11H,12,19H2,(H,20,21)/b2-1-,3-1?,4-2?,5-3-,6-4-,7-5?,13-6?,13-7+. The minimum absolute atomic E-state index is 0.00286. The third-order valence-electron chi connectivity index (χ3n) is 3.43. The Morgan fingerprint density at radius 1 is 1.00 bits per heavy atom. The highest BCUT2D eigenvalue weighted by molar-refractivity contribution is 5.86. The number of rotatable bonds is 2. The number of aromatic amines is 1. The maximum Gasteiger partial charge on any atom is 0.189 e. The van der Waals surface area contributed by atoms with Crippen molar-refractivity contribution in [3.8, 4) is 0 Å². The molecular formula is C18H16N2O. The average molecular weight is 276 g/mol. The predicted octanol–water partition coefficient (Wildman–Crippen LogP) is 3.05. The van der Waals surface area contributed by atoms with Crippen molar-refractivity contribution in [3.05, 3.63) is 88.3 Å². The van der Waals surface area contributed by atoms with Crippen LogP contribution in [0.4, 0.5) is 0 Å². The second-order valence-corrected chi connectivity index (χ2v) is 4.87. The van der Waals surface area contributed by atoms with E-state index in [4.69, 9.17) is 5.73 Å². The average Bonchev–Trinajstić information content (AvgIpc) is 2.46. The fourth-order valence-electron chi connectivity index (χ4n) is 2.35. The van der Waals surface area contributed by atoms with Gasteiger partial charge >= 0.3 is 0 Å². The van der Waals surface area contributed by atoms with Crippen molar-refractivity contribution >= 4 is 16.5 Å². The summed E-state index contributed by atoms with van der Waals surface area (Å²) in [5, 5.41) is 0.681. The summed E-state index contributed by atoms with van der Waals surface area (Å²) < 4.78 is 0. The quantitative estimate of drug-likeness (QED) is 0.885. The highest BCUT2D eigenvalue weighted by Gasteiger charge is 2.04. The van der Waals surface area contributed by atoms with E-state index in [1.54, 1.807) is 6.07 Å². The Labute approximate surface area is 122 Å². The van der Waals surface area contributed by atoms with Crippen molar-refractivity contribution in [2.75, 3.05) is 0 Å². The molecule has 0 radical (unpaired) electrons. The number of hydrogen-bond acceptors (Lipinski definition) is 2. The number of hydrogen-bond donors (Lipinski definition) is 2. The molecule has 0 atom stereocenters. The fraction of sp³-hybridized carbons (Fsp3) is 0.0556. The fourth-order valence-corrected chi connectivity index (χ4v) is 2.35. The molecule has 0 aliphatic heterocycles. The van der Waals surface area contributed by atoms with Gasteiger partial charge in [0.1, 0.15) is 0 Å². The lowest BCUT2D eigenvalue weighted by atomic mass is 10.0. The van der Waals surface area contributed by atoms with Gasteiger partial charge in [0.2, 0.25) is 0 Å². The highest BCUT2D eigenvalue weighted by atomic mass is 16.1. The molecule has 1 aromatic heterocycles. The van der Waals surface area contributed by atoms with E-state index < -0.39 is 0 Å². The molecule has 104 valence electrons. The van der Waals surface area contributed by atoms with Crippen molar-refractivity contribution in [1.29, 1.82) is 0 Å². The zero-order valence-electron chi connectivity index (χ0n) is 11.5. The van der Waals surface area contributed by atoms with Crippen molar-refractivity contribution in [3.63, 3.8) is 0 Å². The van der Waals surface area contributed by atoms with Gasteiger partial charge in [-0.15, -0.1) is 0 Å². The van der Waals surface area contributed by atoms with Crippen LogP contribution in [0, 0.1) is 0 Å². The zero-order chi connectivity index (χ0) is 14.7. The third-order valence-corrected chi connectivity index (χ3v) is 3.43. The van der Waals surface area contributed by atoms with Gasteiger partial charge in [0.05, 0.1) is 0 Å². The lowest BCUT2D eigenvalue weighted by Crippen LogP contribution is -2.08. The van der Waals surface area contributed by atoms with Gasteiger partial charge in [0, 0.05) is 29.2 Å². The molecule has 2 aromatic rings. The summed E-state index contributed by atoms with van der Waals surface area (Å²) in [7, 11) is 0. The second kappa shape index (κ2) is 5.77. The van der Waals surface area contributed by atoms with Crippen LogP contribution in [0.2, 0.25) is 0 Å². The minimum atomic E-state index is -0.00286. The lowest BCUT2D eigenvalue weighted by molar-refractivity contribution is 1.00. The van der Waals surface area contributed by atoms with Crippen LogP contribution >= 0.6 is 0 Å². The van der Waals surface area contributed by atoms with Gasteiger partial charge in [-0.2, -0.15) is 0 Å². The Morgan fingerprint density at radius 3 is 2.67 bits per heavy atom. The maximum absolute atomic E-state index is 12.2. The first-order chi connectivity index (χ1) is 10.3. The SMILES string of the molecule is NCc1cc(=O)c2cc(C3=C/C=C\C=C/C=C\3)ccc2[nH]1. The van der Waals surface area contributed by atoms with E-state index in [9.17, 15) is 4.79 Å². The number of benzene rings is 1. The lowest BCUT2D eigenvalue weighted by Gasteiger charge is -2.06. The molecule has 0 bridgehead atoms. The third kappa shape index (κ3) is 2.78. The maximum atomic E-state index is 12.2. The van der Waals surface area contributed by atoms with Crippen LogP contribution in [-0.2, 0) is 6.54 Å². The number of allylic oxidation sites excluding steroid dienone is 8. The number of pyridine rings is 1. The predicted molar refractivity (Wildman–Crippen MR) is 87.9 cm³/mol. The largest absolute Gasteiger partial charge is 0.357 e. The molecule has 1 aliphatic carbocycles. The van der Waals surface area contributed by atoms with Crippen LogP contribution < -0.4 is 11.2 Å². The molecule has 0 amide bonds. The summed E-state index contributed by atoms with van der Waals surface area (Å²) in [6.45, 7) is 0.331. The monoisotopic (exact) mass is 276 g/mol. The van der Waals surface area contributed by atoms with E-state index in [0.717, 1.165) is 22.3 Å². The van der Waals surface area contributed by atoms with Gasteiger partial charge in [0.25, 0.3) is 0 Å². The van der Waals surface area contributed by atoms with Crippen LogP contribution in [0.5, 0.6) is 0 Å². The van der Waals surface area contributed by atoms with E-state index in [1.165, 1.54) is 0 Å². The first kappa shape index (κ1) is 13.3. The van der Waals surface area contributed by atoms with Crippen molar-refractivity contribution in [1.82, 2.24) is 4.98 Å². The number of aromatic nitrogens is 1. The second-order valence-electron chi connectivity index (χ2n) is 4.87. The van der Waals surface area contributed by atoms with E-state index >= 15 is 0 Å². The molecule has 0 fully saturated rings. The normalized spacial score (nSPS) is 21.1. The minimum Gasteiger partial charge on any atom is -0.357 e. The van der Waals surface area contributed by atoms with E-state index in [-0.39, 0.29) is 5.43 Å². The summed E-state index contributed by atoms with van der Waals surface area (Å²) in [4.78, 5) is 15.4. The topological polar surface area (TPSA) is 58.9 Å². The summed E-state index contributed by atoms with van der Waals surface area (Å²) in [6.07, 6.45) is 14.0. The molecule has 0 saturated heterocycles. The molecule has 1 heterocycles. The summed E-state index contributed by atoms with van der Waals surface area (Å²) >= 11 is 0. The highest BCUT2D eigenvalue weighted by Crippen LogP contribution is 2.20. The molecule has 3 nitrogen and oxygen atoms in total. The first-order valence-electron chi connectivity index (χ1n) is 6.86. The Kier molecular flexibility index (Phi) is 3.67. The summed E-state index contributed by atoms with van der Waals surface area (Å²) in [6, 6.07) is 7.42. The van der Waals surface area contributed by atoms with Gasteiger partial charge in [0.15, 0.2) is 5.43 Å². The molecule has 1 aliphatic rings. The molecule has 1 aromatic carbocycles. The molecule has 3 N–H and O–H groups in total. The number of nitrogens with two attached hydrogens (primary N) is 1. The van der Waals surface area contributed by atoms with Crippen molar-refractivity contribution in [2.24, 2.45) is 5.73 Å². The van der Waals surface area contributed by atoms with E-state index in [0.29, 0.717) is 11.9 Å². The Balaban J connectivity index is 2.13. The molecule has 0 unspecified atom stereocenters. The van der Waals surface area contributed by atoms with Gasteiger partial charge < -0.3 is 10.7 Å². The van der Waals surface area contributed by atoms with Crippen LogP contribution in [0.15, 0.2) is 71.6 Å². The van der Waals surface area contributed by atoms with Gasteiger partial charge in [-0.3, -0.25) is 4.79 Å². The van der Waals surface area contributed by atoms with Gasteiger partial charge in [-0.05, 0) is 23.3 Å². The molecule has 0 spiro atoms. The van der Waals surface area contributed by atoms with E-state index in [1.807, 2.05) is 60.7 Å². The van der Waals surface area contributed by atoms with Gasteiger partial charge in [-0.1, -0.05) is 48.6 Å². The smallest absolute Gasteiger partial charge is 0.189 e. The summed E-state index contributed by atoms with van der Waals surface area (Å²) in [5.74, 6) is 0. The Hall–Kier alpha value is -2.65. The molecule has 3 rings (SSSR count). The Morgan fingerprint density at radius 2 is 1.81 bits per heavy atom. The molecule has 0 saturated carbocycles. The first-order valence-corrected chi connectivity index (χ1v) is 6.86. The molecular weight excluding hydrogens is 260 g/mol. The Bertz CT molecular complexity index is 851. The summed E-state index contributed by atoms with van der Waals surface area (Å²) in [5.41, 5.74) is 9.24. The zero-order valence-corrected chi connectivity index (χ0v) is 11.5. The molecule has 3 heteroatoms. The van der Waals surface area contributed by atoms with Crippen molar-refractivity contribution in [2.45, 2.75) is 6.54 Å². The molecule has 21 heavy (non-hydrogen) atoms. The van der Waals surface area contributed by atoms with Crippen molar-refractivity contribution < 1.29 is 0 Å². The van der Waals surface area contributed by atoms with Crippen LogP contribution in [0.1, 0.15) is 11.3 Å². The number of fused-ring (bicyclic) bond motifs is 1.